The van der Waals surface area contributed by atoms with Crippen molar-refractivity contribution in [3.8, 4) is 24.2 Å². The van der Waals surface area contributed by atoms with E-state index < -0.39 is 30.5 Å². The maximum Gasteiger partial charge on any atom is 0.404 e. The Morgan fingerprint density at radius 1 is 0.663 bits per heavy atom. The van der Waals surface area contributed by atoms with Crippen molar-refractivity contribution in [2.45, 2.75) is 87.2 Å². The zero-order chi connectivity index (χ0) is 62.5. The molecule has 0 spiro atoms. The number of carbonyl (C=O) groups is 6. The zero-order valence-electron chi connectivity index (χ0n) is 47.2. The van der Waals surface area contributed by atoms with Crippen LogP contribution in [-0.2, 0) is 49.9 Å². The van der Waals surface area contributed by atoms with Crippen LogP contribution in [-0.4, -0.2) is 106 Å². The minimum atomic E-state index is -1.18. The molecule has 4 aromatic carbocycles. The molecule has 0 radical (unpaired) electrons. The van der Waals surface area contributed by atoms with E-state index in [1.54, 1.807) is 79.0 Å². The molecule has 0 saturated carbocycles. The Morgan fingerprint density at radius 2 is 1.06 bits per heavy atom. The van der Waals surface area contributed by atoms with E-state index in [9.17, 15) is 42.1 Å². The fraction of sp³-hybridized carbons (Fsp3) is 0.258. The van der Waals surface area contributed by atoms with Crippen molar-refractivity contribution in [2.75, 3.05) is 19.8 Å². The number of hydrogen-bond acceptors (Lipinski definition) is 11. The summed E-state index contributed by atoms with van der Waals surface area (Å²) >= 11 is 18.5. The van der Waals surface area contributed by atoms with Crippen LogP contribution < -0.4 is 10.6 Å². The van der Waals surface area contributed by atoms with E-state index in [0.29, 0.717) is 38.7 Å². The van der Waals surface area contributed by atoms with Gasteiger partial charge in [-0.1, -0.05) is 93.2 Å². The third-order valence-electron chi connectivity index (χ3n) is 12.3. The molecule has 0 aliphatic rings. The number of aromatic nitrogens is 6. The summed E-state index contributed by atoms with van der Waals surface area (Å²) in [5, 5.41) is 6.67. The highest BCUT2D eigenvalue weighted by molar-refractivity contribution is 9.10. The predicted octanol–water partition coefficient (Wildman–Crippen LogP) is 11.7. The maximum atomic E-state index is 14.2. The zero-order valence-corrected chi connectivity index (χ0v) is 52.1. The van der Waals surface area contributed by atoms with Crippen LogP contribution in [0.25, 0.3) is 21.8 Å². The van der Waals surface area contributed by atoms with Crippen molar-refractivity contribution in [3.63, 3.8) is 0 Å². The summed E-state index contributed by atoms with van der Waals surface area (Å²) in [4.78, 5) is 94.3. The number of hydrogen-bond donors (Lipinski definition) is 3. The Hall–Kier alpha value is -8.17. The van der Waals surface area contributed by atoms with Crippen molar-refractivity contribution in [2.24, 2.45) is 0 Å². The molecular weight excluding hydrogens is 1250 g/mol. The number of benzene rings is 4. The lowest BCUT2D eigenvalue weighted by atomic mass is 10.1. The van der Waals surface area contributed by atoms with Gasteiger partial charge < -0.3 is 29.6 Å². The van der Waals surface area contributed by atoms with Crippen LogP contribution in [0.15, 0.2) is 127 Å². The summed E-state index contributed by atoms with van der Waals surface area (Å²) in [5.74, 6) is 5.60. The van der Waals surface area contributed by atoms with Gasteiger partial charge in [0.25, 0.3) is 0 Å². The first-order chi connectivity index (χ1) is 40.4. The number of fused-ring (bicyclic) bond motifs is 2. The SMILES string of the molecule is C.C#Cc1cncnc1.CC(=O)c1cn(CC(=O)N(CC(=O)NCc2cccc(Cl)c2F)C(C)C)c2ccc(Br)cc12.CC(=O)c1cn(CC(=O)N(CC(=O)NCc2cccc(Cl)c2F)C(C)C)c2ccc(C#Cc3cncnc3)cc12.C[P+](=O)S. The van der Waals surface area contributed by atoms with Gasteiger partial charge in [-0.2, -0.15) is 0 Å². The number of rotatable bonds is 16. The van der Waals surface area contributed by atoms with Crippen LogP contribution in [0.4, 0.5) is 8.78 Å². The van der Waals surface area contributed by atoms with E-state index in [0.717, 1.165) is 15.4 Å². The molecule has 8 aromatic rings. The largest absolute Gasteiger partial charge is 0.404 e. The van der Waals surface area contributed by atoms with Gasteiger partial charge in [0.2, 0.25) is 23.6 Å². The molecule has 2 N–H and O–H groups in total. The van der Waals surface area contributed by atoms with Crippen LogP contribution in [0.3, 0.4) is 0 Å². The Morgan fingerprint density at radius 3 is 1.45 bits per heavy atom. The van der Waals surface area contributed by atoms with Crippen LogP contribution in [0.5, 0.6) is 0 Å². The summed E-state index contributed by atoms with van der Waals surface area (Å²) in [7, 11) is -1.18. The molecule has 0 aliphatic carbocycles. The fourth-order valence-corrected chi connectivity index (χ4v) is 8.87. The van der Waals surface area contributed by atoms with Crippen molar-refractivity contribution in [3.05, 3.63) is 188 Å². The van der Waals surface area contributed by atoms with E-state index in [-0.39, 0.29) is 103 Å². The smallest absolute Gasteiger partial charge is 0.350 e. The number of nitrogens with one attached hydrogen (secondary N) is 2. The van der Waals surface area contributed by atoms with E-state index in [1.165, 1.54) is 60.6 Å². The number of ketones is 2. The number of terminal acetylenes is 1. The molecule has 1 atom stereocenters. The molecule has 86 heavy (non-hydrogen) atoms. The lowest BCUT2D eigenvalue weighted by Crippen LogP contribution is -2.45. The minimum absolute atomic E-state index is 0. The number of thiol groups is 1. The number of halogens is 5. The Bertz CT molecular complexity index is 3850. The first kappa shape index (κ1) is 70.3. The lowest BCUT2D eigenvalue weighted by molar-refractivity contribution is -0.138. The summed E-state index contributed by atoms with van der Waals surface area (Å²) in [6.45, 7) is 11.1. The molecule has 24 heteroatoms. The number of carbonyl (C=O) groups excluding carboxylic acids is 6. The number of Topliss-reactive ketones (excluding diaryl/α,β-unsaturated/α-hetero) is 2. The molecule has 0 fully saturated rings. The van der Waals surface area contributed by atoms with Gasteiger partial charge in [0.15, 0.2) is 11.6 Å². The molecule has 4 aromatic heterocycles. The highest BCUT2D eigenvalue weighted by Crippen LogP contribution is 2.27. The molecule has 1 unspecified atom stereocenters. The Balaban J connectivity index is 0.000000309. The van der Waals surface area contributed by atoms with Crippen molar-refractivity contribution in [1.29, 1.82) is 0 Å². The third kappa shape index (κ3) is 20.8. The van der Waals surface area contributed by atoms with E-state index in [1.807, 2.05) is 50.2 Å². The Labute approximate surface area is 522 Å². The van der Waals surface area contributed by atoms with Gasteiger partial charge in [-0.05, 0) is 90.1 Å². The van der Waals surface area contributed by atoms with E-state index >= 15 is 0 Å². The molecule has 0 bridgehead atoms. The standard InChI is InChI=1S/C30H27ClFN5O3.C24H24BrClFN3O3.C6H4N2.CH3OPS.CH4/c1-19(2)37(16-28(39)35-14-23-5-4-6-26(31)30(23)32)29(40)17-36-15-25(20(3)38)24-11-21(9-10-27(24)36)7-8-22-12-33-18-34-13-22;1-14(2)30(12-22(32)28-10-16-5-4-6-20(26)24(16)27)23(33)13-29-11-19(15(3)31)18-9-17(25)7-8-21(18)29;1-2-6-3-7-5-8-4-6;1-3(2)4;/h4-6,9-13,15,18-19H,14,16-17H2,1-3H3,(H,35,39);4-9,11,14H,10,12-13H2,1-3H3,(H,28,32);1,3-5H;1H3;1H4/p+1. The average molecular weight is 1310 g/mol. The van der Waals surface area contributed by atoms with E-state index in [2.05, 4.69) is 76.5 Å². The molecule has 0 saturated heterocycles. The van der Waals surface area contributed by atoms with E-state index in [4.69, 9.17) is 29.6 Å². The number of amides is 4. The summed E-state index contributed by atoms with van der Waals surface area (Å²) in [6, 6.07) is 19.6. The van der Waals surface area contributed by atoms with Crippen molar-refractivity contribution >= 4 is 115 Å². The topological polar surface area (TPSA) is 211 Å². The fourth-order valence-electron chi connectivity index (χ4n) is 8.12. The Kier molecular flexibility index (Phi) is 27.9. The first-order valence-corrected chi connectivity index (χ1v) is 30.3. The minimum Gasteiger partial charge on any atom is -0.350 e. The first-order valence-electron chi connectivity index (χ1n) is 25.9. The molecule has 4 amide bonds. The van der Waals surface area contributed by atoms with Gasteiger partial charge in [0.05, 0.1) is 34.3 Å². The van der Waals surface area contributed by atoms with Crippen LogP contribution >= 0.6 is 58.4 Å². The van der Waals surface area contributed by atoms with Gasteiger partial charge in [0.1, 0.15) is 56.3 Å². The molecule has 17 nitrogen and oxygen atoms in total. The molecule has 448 valence electrons. The monoisotopic (exact) mass is 1310 g/mol. The highest BCUT2D eigenvalue weighted by Gasteiger charge is 2.25. The second kappa shape index (κ2) is 34.1. The van der Waals surface area contributed by atoms with Crippen LogP contribution in [0.2, 0.25) is 10.0 Å². The highest BCUT2D eigenvalue weighted by atomic mass is 79.9. The van der Waals surface area contributed by atoms with Gasteiger partial charge in [0, 0.05) is 116 Å². The molecule has 8 rings (SSSR count). The quantitative estimate of drug-likeness (QED) is 0.0358. The maximum absolute atomic E-state index is 14.2. The summed E-state index contributed by atoms with van der Waals surface area (Å²) in [5.41, 5.74) is 5.02. The van der Waals surface area contributed by atoms with Crippen molar-refractivity contribution < 1.29 is 42.1 Å². The summed E-state index contributed by atoms with van der Waals surface area (Å²) < 4.78 is 41.9. The van der Waals surface area contributed by atoms with Gasteiger partial charge >= 0.3 is 7.00 Å². The third-order valence-corrected chi connectivity index (χ3v) is 13.3. The van der Waals surface area contributed by atoms with Crippen molar-refractivity contribution in [1.82, 2.24) is 49.5 Å². The second-order valence-corrected chi connectivity index (χ2v) is 23.5. The molecular formula is C62H63BrCl2F2N10O7PS+. The number of nitrogens with zero attached hydrogens (tertiary/aromatic N) is 8. The lowest BCUT2D eigenvalue weighted by Gasteiger charge is -2.26. The summed E-state index contributed by atoms with van der Waals surface area (Å²) in [6.07, 6.45) is 17.6. The second-order valence-electron chi connectivity index (χ2n) is 19.2. The van der Waals surface area contributed by atoms with Gasteiger partial charge in [-0.15, -0.1) is 6.42 Å². The van der Waals surface area contributed by atoms with Crippen LogP contribution in [0.1, 0.15) is 97.5 Å². The van der Waals surface area contributed by atoms with Gasteiger partial charge in [-0.3, -0.25) is 28.8 Å². The molecule has 4 heterocycles. The predicted molar refractivity (Wildman–Crippen MR) is 339 cm³/mol. The van der Waals surface area contributed by atoms with Gasteiger partial charge in [-0.25, -0.2) is 28.7 Å². The molecule has 0 aliphatic heterocycles. The normalized spacial score (nSPS) is 10.5. The average Bonchev–Trinajstić information content (AvgIpc) is 1.96. The van der Waals surface area contributed by atoms with Crippen LogP contribution in [0, 0.1) is 35.8 Å².